The van der Waals surface area contributed by atoms with Crippen molar-refractivity contribution in [2.45, 2.75) is 17.7 Å². The standard InChI is InChI=1S/C11H10ClF3O2S/c1-18-9-3-2-7(4-8(16)6-12)10(5-9)17-11(13,14)15/h2-3,5H,4,6H2,1H3. The second-order valence-corrected chi connectivity index (χ2v) is 4.52. The minimum atomic E-state index is -4.78. The monoisotopic (exact) mass is 298 g/mol. The quantitative estimate of drug-likeness (QED) is 0.613. The highest BCUT2D eigenvalue weighted by Crippen LogP contribution is 2.30. The van der Waals surface area contributed by atoms with E-state index >= 15 is 0 Å². The van der Waals surface area contributed by atoms with Gasteiger partial charge in [-0.3, -0.25) is 4.79 Å². The molecular formula is C11H10ClF3O2S. The van der Waals surface area contributed by atoms with Gasteiger partial charge in [0.15, 0.2) is 5.78 Å². The molecule has 0 saturated carbocycles. The number of hydrogen-bond acceptors (Lipinski definition) is 3. The molecule has 0 heterocycles. The second-order valence-electron chi connectivity index (χ2n) is 3.37. The number of alkyl halides is 4. The van der Waals surface area contributed by atoms with E-state index in [2.05, 4.69) is 4.74 Å². The van der Waals surface area contributed by atoms with E-state index < -0.39 is 6.36 Å². The van der Waals surface area contributed by atoms with Crippen molar-refractivity contribution in [2.24, 2.45) is 0 Å². The van der Waals surface area contributed by atoms with Crippen LogP contribution in [0.5, 0.6) is 5.75 Å². The number of hydrogen-bond donors (Lipinski definition) is 0. The first-order valence-electron chi connectivity index (χ1n) is 4.86. The molecule has 0 saturated heterocycles. The lowest BCUT2D eigenvalue weighted by Gasteiger charge is -2.13. The van der Waals surface area contributed by atoms with Gasteiger partial charge in [-0.05, 0) is 18.4 Å². The average Bonchev–Trinajstić information content (AvgIpc) is 2.29. The molecule has 0 aliphatic carbocycles. The highest BCUT2D eigenvalue weighted by Gasteiger charge is 2.32. The molecule has 0 fully saturated rings. The second kappa shape index (κ2) is 6.33. The summed E-state index contributed by atoms with van der Waals surface area (Å²) >= 11 is 6.61. The fraction of sp³-hybridized carbons (Fsp3) is 0.364. The van der Waals surface area contributed by atoms with Crippen LogP contribution in [0, 0.1) is 0 Å². The predicted molar refractivity (Wildman–Crippen MR) is 64.3 cm³/mol. The lowest BCUT2D eigenvalue weighted by molar-refractivity contribution is -0.275. The van der Waals surface area contributed by atoms with Gasteiger partial charge < -0.3 is 4.74 Å². The number of carbonyl (C=O) groups excluding carboxylic acids is 1. The van der Waals surface area contributed by atoms with Crippen LogP contribution in [0.25, 0.3) is 0 Å². The molecule has 0 N–H and O–H groups in total. The van der Waals surface area contributed by atoms with Gasteiger partial charge in [-0.2, -0.15) is 0 Å². The minimum Gasteiger partial charge on any atom is -0.405 e. The van der Waals surface area contributed by atoms with E-state index in [4.69, 9.17) is 11.6 Å². The van der Waals surface area contributed by atoms with Crippen LogP contribution in [0.1, 0.15) is 5.56 Å². The molecule has 0 aliphatic rings. The van der Waals surface area contributed by atoms with E-state index in [9.17, 15) is 18.0 Å². The predicted octanol–water partition coefficient (Wildman–Crippen LogP) is 3.66. The van der Waals surface area contributed by atoms with Gasteiger partial charge in [0.05, 0.1) is 5.88 Å². The Hall–Kier alpha value is -0.880. The number of ketones is 1. The molecule has 1 rings (SSSR count). The third-order valence-corrected chi connectivity index (χ3v) is 3.06. The van der Waals surface area contributed by atoms with Crippen molar-refractivity contribution < 1.29 is 22.7 Å². The molecule has 1 aromatic carbocycles. The average molecular weight is 299 g/mol. The number of thioether (sulfide) groups is 1. The molecule has 100 valence electrons. The summed E-state index contributed by atoms with van der Waals surface area (Å²) in [7, 11) is 0. The molecule has 0 bridgehead atoms. The number of carbonyl (C=O) groups is 1. The van der Waals surface area contributed by atoms with Gasteiger partial charge in [0, 0.05) is 16.9 Å². The fourth-order valence-electron chi connectivity index (χ4n) is 1.29. The Morgan fingerprint density at radius 2 is 2.11 bits per heavy atom. The molecule has 0 aromatic heterocycles. The normalized spacial score (nSPS) is 11.4. The maximum Gasteiger partial charge on any atom is 0.573 e. The maximum atomic E-state index is 12.2. The van der Waals surface area contributed by atoms with E-state index in [0.29, 0.717) is 4.90 Å². The van der Waals surface area contributed by atoms with Crippen LogP contribution in [0.3, 0.4) is 0 Å². The van der Waals surface area contributed by atoms with Gasteiger partial charge in [0.2, 0.25) is 0 Å². The maximum absolute atomic E-state index is 12.2. The molecule has 0 amide bonds. The molecule has 18 heavy (non-hydrogen) atoms. The zero-order valence-corrected chi connectivity index (χ0v) is 11.0. The molecule has 2 nitrogen and oxygen atoms in total. The van der Waals surface area contributed by atoms with E-state index in [1.807, 2.05) is 0 Å². The first kappa shape index (κ1) is 15.2. The molecule has 0 unspecified atom stereocenters. The zero-order chi connectivity index (χ0) is 13.8. The number of benzene rings is 1. The van der Waals surface area contributed by atoms with Crippen LogP contribution in [0.2, 0.25) is 0 Å². The van der Waals surface area contributed by atoms with Crippen molar-refractivity contribution in [3.63, 3.8) is 0 Å². The Balaban J connectivity index is 3.04. The van der Waals surface area contributed by atoms with Crippen molar-refractivity contribution in [2.75, 3.05) is 12.1 Å². The van der Waals surface area contributed by atoms with Crippen LogP contribution in [0.4, 0.5) is 13.2 Å². The summed E-state index contributed by atoms with van der Waals surface area (Å²) in [4.78, 5) is 11.8. The van der Waals surface area contributed by atoms with E-state index in [1.165, 1.54) is 23.9 Å². The van der Waals surface area contributed by atoms with Crippen LogP contribution >= 0.6 is 23.4 Å². The van der Waals surface area contributed by atoms with Crippen LogP contribution in [-0.2, 0) is 11.2 Å². The Morgan fingerprint density at radius 3 is 2.61 bits per heavy atom. The molecule has 0 aliphatic heterocycles. The summed E-state index contributed by atoms with van der Waals surface area (Å²) < 4.78 is 40.6. The summed E-state index contributed by atoms with van der Waals surface area (Å²) in [6, 6.07) is 4.33. The lowest BCUT2D eigenvalue weighted by atomic mass is 10.1. The summed E-state index contributed by atoms with van der Waals surface area (Å²) in [6.45, 7) is 0. The Labute approximate surface area is 111 Å². The first-order chi connectivity index (χ1) is 8.35. The number of rotatable bonds is 5. The van der Waals surface area contributed by atoms with Gasteiger partial charge in [-0.25, -0.2) is 0 Å². The molecule has 7 heteroatoms. The van der Waals surface area contributed by atoms with Crippen molar-refractivity contribution in [1.82, 2.24) is 0 Å². The van der Waals surface area contributed by atoms with Gasteiger partial charge in [-0.1, -0.05) is 6.07 Å². The molecule has 0 radical (unpaired) electrons. The Morgan fingerprint density at radius 1 is 1.44 bits per heavy atom. The van der Waals surface area contributed by atoms with E-state index in [1.54, 1.807) is 12.3 Å². The van der Waals surface area contributed by atoms with Gasteiger partial charge in [-0.15, -0.1) is 36.5 Å². The number of ether oxygens (including phenoxy) is 1. The third-order valence-electron chi connectivity index (χ3n) is 2.04. The van der Waals surface area contributed by atoms with Gasteiger partial charge in [0.25, 0.3) is 0 Å². The Kier molecular flexibility index (Phi) is 5.34. The lowest BCUT2D eigenvalue weighted by Crippen LogP contribution is -2.19. The number of Topliss-reactive ketones (excluding diaryl/α,β-unsaturated/α-hetero) is 1. The largest absolute Gasteiger partial charge is 0.573 e. The molecule has 1 aromatic rings. The van der Waals surface area contributed by atoms with Gasteiger partial charge >= 0.3 is 6.36 Å². The summed E-state index contributed by atoms with van der Waals surface area (Å²) in [6.07, 6.45) is -3.23. The molecule has 0 spiro atoms. The van der Waals surface area contributed by atoms with Crippen LogP contribution in [-0.4, -0.2) is 24.3 Å². The fourth-order valence-corrected chi connectivity index (χ4v) is 1.81. The number of halogens is 4. The van der Waals surface area contributed by atoms with Crippen LogP contribution < -0.4 is 4.74 Å². The topological polar surface area (TPSA) is 26.3 Å². The Bertz CT molecular complexity index is 435. The smallest absolute Gasteiger partial charge is 0.405 e. The first-order valence-corrected chi connectivity index (χ1v) is 6.62. The molecular weight excluding hydrogens is 289 g/mol. The van der Waals surface area contributed by atoms with Crippen molar-refractivity contribution in [1.29, 1.82) is 0 Å². The van der Waals surface area contributed by atoms with Crippen molar-refractivity contribution in [3.8, 4) is 5.75 Å². The summed E-state index contributed by atoms with van der Waals surface area (Å²) in [5, 5.41) is 0. The van der Waals surface area contributed by atoms with Crippen molar-refractivity contribution in [3.05, 3.63) is 23.8 Å². The third kappa shape index (κ3) is 4.78. The summed E-state index contributed by atoms with van der Waals surface area (Å²) in [5.41, 5.74) is 0.177. The molecule has 0 atom stereocenters. The summed E-state index contributed by atoms with van der Waals surface area (Å²) in [5.74, 6) is -0.955. The highest BCUT2D eigenvalue weighted by atomic mass is 35.5. The van der Waals surface area contributed by atoms with E-state index in [-0.39, 0.29) is 29.4 Å². The van der Waals surface area contributed by atoms with Gasteiger partial charge in [0.1, 0.15) is 5.75 Å². The van der Waals surface area contributed by atoms with Crippen LogP contribution in [0.15, 0.2) is 23.1 Å². The highest BCUT2D eigenvalue weighted by molar-refractivity contribution is 7.98. The zero-order valence-electron chi connectivity index (χ0n) is 9.38. The van der Waals surface area contributed by atoms with E-state index in [0.717, 1.165) is 0 Å². The van der Waals surface area contributed by atoms with Crippen molar-refractivity contribution >= 4 is 29.1 Å². The minimum absolute atomic E-state index is 0.177. The SMILES string of the molecule is CSc1ccc(CC(=O)CCl)c(OC(F)(F)F)c1.